The summed E-state index contributed by atoms with van der Waals surface area (Å²) in [6, 6.07) is 8.72. The van der Waals surface area contributed by atoms with E-state index in [1.165, 1.54) is 6.07 Å². The Hall–Kier alpha value is -2.68. The molecule has 2 rings (SSSR count). The molecule has 0 fully saturated rings. The minimum Gasteiger partial charge on any atom is -0.374 e. The van der Waals surface area contributed by atoms with E-state index in [0.717, 1.165) is 18.4 Å². The predicted octanol–water partition coefficient (Wildman–Crippen LogP) is 2.78. The van der Waals surface area contributed by atoms with Crippen molar-refractivity contribution in [1.82, 2.24) is 0 Å². The quantitative estimate of drug-likeness (QED) is 0.731. The van der Waals surface area contributed by atoms with Gasteiger partial charge in [0.25, 0.3) is 0 Å². The van der Waals surface area contributed by atoms with Gasteiger partial charge >= 0.3 is 0 Å². The molecule has 0 aliphatic heterocycles. The van der Waals surface area contributed by atoms with Crippen molar-refractivity contribution in [1.29, 1.82) is 0 Å². The summed E-state index contributed by atoms with van der Waals surface area (Å²) in [4.78, 5) is 12.1. The van der Waals surface area contributed by atoms with Crippen molar-refractivity contribution in [2.24, 2.45) is 0 Å². The number of hydrogen-bond donors (Lipinski definition) is 3. The lowest BCUT2D eigenvalue weighted by atomic mass is 10.2. The molecular formula is C16H17F2N3O3S. The molecule has 2 aromatic carbocycles. The van der Waals surface area contributed by atoms with Crippen molar-refractivity contribution < 1.29 is 22.0 Å². The van der Waals surface area contributed by atoms with Gasteiger partial charge in [0.15, 0.2) is 11.6 Å². The van der Waals surface area contributed by atoms with Crippen molar-refractivity contribution in [3.63, 3.8) is 0 Å². The third-order valence-corrected chi connectivity index (χ3v) is 3.76. The molecule has 0 saturated carbocycles. The van der Waals surface area contributed by atoms with E-state index in [9.17, 15) is 22.0 Å². The predicted molar refractivity (Wildman–Crippen MR) is 93.0 cm³/mol. The number of amides is 1. The Balaban J connectivity index is 1.97. The maximum atomic E-state index is 13.1. The third kappa shape index (κ3) is 5.71. The summed E-state index contributed by atoms with van der Waals surface area (Å²) in [5, 5.41) is 5.39. The van der Waals surface area contributed by atoms with Crippen LogP contribution >= 0.6 is 0 Å². The van der Waals surface area contributed by atoms with Gasteiger partial charge in [-0.1, -0.05) is 0 Å². The van der Waals surface area contributed by atoms with Crippen LogP contribution in [0.1, 0.15) is 6.92 Å². The van der Waals surface area contributed by atoms with E-state index in [4.69, 9.17) is 0 Å². The zero-order valence-electron chi connectivity index (χ0n) is 13.5. The fraction of sp³-hybridized carbons (Fsp3) is 0.188. The Morgan fingerprint density at radius 2 is 1.52 bits per heavy atom. The summed E-state index contributed by atoms with van der Waals surface area (Å²) in [6.07, 6.45) is 1.05. The molecule has 0 aliphatic rings. The van der Waals surface area contributed by atoms with Crippen molar-refractivity contribution in [3.05, 3.63) is 54.1 Å². The van der Waals surface area contributed by atoms with Gasteiger partial charge in [-0.2, -0.15) is 0 Å². The van der Waals surface area contributed by atoms with Gasteiger partial charge in [-0.25, -0.2) is 17.2 Å². The number of benzene rings is 2. The number of halogens is 2. The largest absolute Gasteiger partial charge is 0.374 e. The first-order valence-corrected chi connectivity index (χ1v) is 9.13. The minimum atomic E-state index is -3.36. The molecule has 0 bridgehead atoms. The van der Waals surface area contributed by atoms with E-state index >= 15 is 0 Å². The number of carbonyl (C=O) groups is 1. The molecule has 3 N–H and O–H groups in total. The number of hydrogen-bond acceptors (Lipinski definition) is 4. The van der Waals surface area contributed by atoms with E-state index in [-0.39, 0.29) is 5.69 Å². The summed E-state index contributed by atoms with van der Waals surface area (Å²) in [6.45, 7) is 1.60. The number of anilines is 3. The zero-order chi connectivity index (χ0) is 18.6. The molecule has 1 atom stereocenters. The topological polar surface area (TPSA) is 87.3 Å². The van der Waals surface area contributed by atoms with Crippen molar-refractivity contribution >= 4 is 33.0 Å². The van der Waals surface area contributed by atoms with Crippen molar-refractivity contribution in [2.75, 3.05) is 21.6 Å². The van der Waals surface area contributed by atoms with Crippen LogP contribution in [0.25, 0.3) is 0 Å². The first-order valence-electron chi connectivity index (χ1n) is 7.24. The first kappa shape index (κ1) is 18.7. The highest BCUT2D eigenvalue weighted by Crippen LogP contribution is 2.17. The smallest absolute Gasteiger partial charge is 0.246 e. The van der Waals surface area contributed by atoms with Gasteiger partial charge < -0.3 is 10.6 Å². The van der Waals surface area contributed by atoms with Crippen molar-refractivity contribution in [3.8, 4) is 0 Å². The third-order valence-electron chi connectivity index (χ3n) is 3.15. The van der Waals surface area contributed by atoms with Crippen molar-refractivity contribution in [2.45, 2.75) is 13.0 Å². The lowest BCUT2D eigenvalue weighted by molar-refractivity contribution is -0.116. The summed E-state index contributed by atoms with van der Waals surface area (Å²) in [5.74, 6) is -2.48. The normalized spacial score (nSPS) is 12.3. The van der Waals surface area contributed by atoms with E-state index in [1.807, 2.05) is 0 Å². The maximum absolute atomic E-state index is 13.1. The van der Waals surface area contributed by atoms with Gasteiger partial charge in [0.1, 0.15) is 6.04 Å². The average Bonchev–Trinajstić information content (AvgIpc) is 2.51. The molecule has 6 nitrogen and oxygen atoms in total. The second-order valence-electron chi connectivity index (χ2n) is 5.44. The fourth-order valence-corrected chi connectivity index (χ4v) is 2.55. The van der Waals surface area contributed by atoms with Gasteiger partial charge in [0, 0.05) is 23.1 Å². The summed E-state index contributed by atoms with van der Waals surface area (Å²) >= 11 is 0. The summed E-state index contributed by atoms with van der Waals surface area (Å²) in [7, 11) is -3.36. The monoisotopic (exact) mass is 369 g/mol. The molecule has 1 unspecified atom stereocenters. The Kier molecular flexibility index (Phi) is 5.58. The lowest BCUT2D eigenvalue weighted by Gasteiger charge is -2.16. The molecule has 0 radical (unpaired) electrons. The molecule has 25 heavy (non-hydrogen) atoms. The number of rotatable bonds is 6. The molecule has 0 aromatic heterocycles. The van der Waals surface area contributed by atoms with Gasteiger partial charge in [0.05, 0.1) is 6.26 Å². The van der Waals surface area contributed by atoms with Crippen LogP contribution in [-0.4, -0.2) is 26.6 Å². The maximum Gasteiger partial charge on any atom is 0.246 e. The van der Waals surface area contributed by atoms with E-state index < -0.39 is 33.6 Å². The summed E-state index contributed by atoms with van der Waals surface area (Å²) in [5.41, 5.74) is 1.13. The molecule has 0 heterocycles. The van der Waals surface area contributed by atoms with E-state index in [1.54, 1.807) is 31.2 Å². The standard InChI is InChI=1S/C16H17F2N3O3S/c1-10(16(22)20-13-7-8-14(17)15(18)9-13)19-11-3-5-12(6-4-11)21-25(2,23)24/h3-10,19,21H,1-2H3,(H,20,22). The molecular weight excluding hydrogens is 352 g/mol. The second-order valence-corrected chi connectivity index (χ2v) is 7.18. The Bertz CT molecular complexity index is 871. The van der Waals surface area contributed by atoms with E-state index in [2.05, 4.69) is 15.4 Å². The highest BCUT2D eigenvalue weighted by atomic mass is 32.2. The zero-order valence-corrected chi connectivity index (χ0v) is 14.3. The number of sulfonamides is 1. The Morgan fingerprint density at radius 3 is 2.08 bits per heavy atom. The van der Waals surface area contributed by atoms with Crippen LogP contribution in [0, 0.1) is 11.6 Å². The van der Waals surface area contributed by atoms with Crippen LogP contribution in [0.4, 0.5) is 25.8 Å². The molecule has 2 aromatic rings. The van der Waals surface area contributed by atoms with Gasteiger partial charge in [-0.05, 0) is 43.3 Å². The Morgan fingerprint density at radius 1 is 0.960 bits per heavy atom. The van der Waals surface area contributed by atoms with Crippen LogP contribution in [0.5, 0.6) is 0 Å². The van der Waals surface area contributed by atoms with E-state index in [0.29, 0.717) is 11.4 Å². The second kappa shape index (κ2) is 7.47. The van der Waals surface area contributed by atoms with Crippen LogP contribution in [-0.2, 0) is 14.8 Å². The minimum absolute atomic E-state index is 0.144. The highest BCUT2D eigenvalue weighted by molar-refractivity contribution is 7.92. The van der Waals surface area contributed by atoms with Crippen LogP contribution in [0.2, 0.25) is 0 Å². The fourth-order valence-electron chi connectivity index (χ4n) is 1.99. The van der Waals surface area contributed by atoms with Crippen LogP contribution in [0.15, 0.2) is 42.5 Å². The van der Waals surface area contributed by atoms with Gasteiger partial charge in [-0.3, -0.25) is 9.52 Å². The Labute approximate surface area is 144 Å². The number of nitrogens with one attached hydrogen (secondary N) is 3. The highest BCUT2D eigenvalue weighted by Gasteiger charge is 2.14. The van der Waals surface area contributed by atoms with Gasteiger partial charge in [-0.15, -0.1) is 0 Å². The molecule has 1 amide bonds. The van der Waals surface area contributed by atoms with Crippen LogP contribution in [0.3, 0.4) is 0 Å². The van der Waals surface area contributed by atoms with Crippen LogP contribution < -0.4 is 15.4 Å². The molecule has 0 spiro atoms. The molecule has 134 valence electrons. The summed E-state index contributed by atoms with van der Waals surface area (Å²) < 4.78 is 50.6. The molecule has 0 saturated heterocycles. The first-order chi connectivity index (χ1) is 11.6. The molecule has 9 heteroatoms. The van der Waals surface area contributed by atoms with Gasteiger partial charge in [0.2, 0.25) is 15.9 Å². The SMILES string of the molecule is CC(Nc1ccc(NS(C)(=O)=O)cc1)C(=O)Nc1ccc(F)c(F)c1. The lowest BCUT2D eigenvalue weighted by Crippen LogP contribution is -2.31. The molecule has 0 aliphatic carbocycles. The number of carbonyl (C=O) groups excluding carboxylic acids is 1. The average molecular weight is 369 g/mol.